The molecule has 1 saturated carbocycles. The second kappa shape index (κ2) is 10.5. The summed E-state index contributed by atoms with van der Waals surface area (Å²) in [5, 5.41) is 7.89. The fraction of sp³-hybridized carbons (Fsp3) is 0.440. The van der Waals surface area contributed by atoms with Crippen molar-refractivity contribution in [2.45, 2.75) is 50.5 Å². The minimum absolute atomic E-state index is 0.283. The lowest BCUT2D eigenvalue weighted by Gasteiger charge is -2.28. The van der Waals surface area contributed by atoms with E-state index in [2.05, 4.69) is 34.2 Å². The SMILES string of the molecule is CC(C)Nc1nc(NCC2CCC(CNS(=O)(=O)c3ccccc3)CC2)nc2ccccc12. The average molecular weight is 468 g/mol. The zero-order valence-electron chi connectivity index (χ0n) is 19.3. The largest absolute Gasteiger partial charge is 0.367 e. The van der Waals surface area contributed by atoms with Gasteiger partial charge < -0.3 is 10.6 Å². The molecule has 0 amide bonds. The van der Waals surface area contributed by atoms with Crippen molar-refractivity contribution < 1.29 is 8.42 Å². The third-order valence-corrected chi connectivity index (χ3v) is 7.60. The Morgan fingerprint density at radius 1 is 0.879 bits per heavy atom. The van der Waals surface area contributed by atoms with Gasteiger partial charge in [-0.3, -0.25) is 0 Å². The summed E-state index contributed by atoms with van der Waals surface area (Å²) in [5.74, 6) is 2.41. The topological polar surface area (TPSA) is 96.0 Å². The van der Waals surface area contributed by atoms with Crippen LogP contribution in [0.25, 0.3) is 10.9 Å². The molecule has 33 heavy (non-hydrogen) atoms. The molecular weight excluding hydrogens is 434 g/mol. The normalized spacial score (nSPS) is 19.0. The van der Waals surface area contributed by atoms with Crippen LogP contribution in [0.2, 0.25) is 0 Å². The summed E-state index contributed by atoms with van der Waals surface area (Å²) < 4.78 is 27.7. The van der Waals surface area contributed by atoms with Gasteiger partial charge in [0.1, 0.15) is 5.82 Å². The Bertz CT molecular complexity index is 1160. The first-order valence-corrected chi connectivity index (χ1v) is 13.2. The predicted molar refractivity (Wildman–Crippen MR) is 134 cm³/mol. The number of hydrogen-bond donors (Lipinski definition) is 3. The summed E-state index contributed by atoms with van der Waals surface area (Å²) in [7, 11) is -3.44. The van der Waals surface area contributed by atoms with Gasteiger partial charge in [0, 0.05) is 24.5 Å². The highest BCUT2D eigenvalue weighted by Gasteiger charge is 2.23. The van der Waals surface area contributed by atoms with E-state index >= 15 is 0 Å². The molecule has 0 unspecified atom stereocenters. The summed E-state index contributed by atoms with van der Waals surface area (Å²) in [4.78, 5) is 9.73. The van der Waals surface area contributed by atoms with Crippen molar-refractivity contribution in [3.63, 3.8) is 0 Å². The number of rotatable bonds is 9. The van der Waals surface area contributed by atoms with Gasteiger partial charge in [-0.25, -0.2) is 18.1 Å². The standard InChI is InChI=1S/C25H33N5O2S/c1-18(2)28-24-22-10-6-7-11-23(22)29-25(30-24)26-16-19-12-14-20(15-13-19)17-27-33(31,32)21-8-4-3-5-9-21/h3-11,18-20,27H,12-17H2,1-2H3,(H2,26,28,29,30). The first kappa shape index (κ1) is 23.4. The van der Waals surface area contributed by atoms with Gasteiger partial charge in [-0.1, -0.05) is 30.3 Å². The van der Waals surface area contributed by atoms with Gasteiger partial charge in [-0.2, -0.15) is 4.98 Å². The number of aromatic nitrogens is 2. The molecule has 0 atom stereocenters. The van der Waals surface area contributed by atoms with Gasteiger partial charge in [0.05, 0.1) is 10.4 Å². The summed E-state index contributed by atoms with van der Waals surface area (Å²) in [5.41, 5.74) is 0.924. The van der Waals surface area contributed by atoms with Crippen LogP contribution in [0.3, 0.4) is 0 Å². The number of hydrogen-bond acceptors (Lipinski definition) is 6. The molecule has 3 N–H and O–H groups in total. The maximum Gasteiger partial charge on any atom is 0.240 e. The highest BCUT2D eigenvalue weighted by Crippen LogP contribution is 2.29. The van der Waals surface area contributed by atoms with E-state index in [1.54, 1.807) is 24.3 Å². The van der Waals surface area contributed by atoms with E-state index < -0.39 is 10.0 Å². The third-order valence-electron chi connectivity index (χ3n) is 6.16. The minimum atomic E-state index is -3.44. The molecule has 0 spiro atoms. The molecule has 176 valence electrons. The van der Waals surface area contributed by atoms with Crippen LogP contribution in [0.15, 0.2) is 59.5 Å². The van der Waals surface area contributed by atoms with Crippen LogP contribution < -0.4 is 15.4 Å². The average Bonchev–Trinajstić information content (AvgIpc) is 2.82. The Hall–Kier alpha value is -2.71. The second-order valence-electron chi connectivity index (χ2n) is 9.14. The quantitative estimate of drug-likeness (QED) is 0.424. The molecule has 3 aromatic rings. The van der Waals surface area contributed by atoms with Gasteiger partial charge in [-0.15, -0.1) is 0 Å². The zero-order valence-corrected chi connectivity index (χ0v) is 20.1. The molecule has 7 nitrogen and oxygen atoms in total. The molecule has 1 aliphatic carbocycles. The van der Waals surface area contributed by atoms with Gasteiger partial charge in [-0.05, 0) is 75.6 Å². The van der Waals surface area contributed by atoms with Gasteiger partial charge >= 0.3 is 0 Å². The fourth-order valence-electron chi connectivity index (χ4n) is 4.33. The number of sulfonamides is 1. The number of fused-ring (bicyclic) bond motifs is 1. The van der Waals surface area contributed by atoms with Crippen LogP contribution in [0, 0.1) is 11.8 Å². The van der Waals surface area contributed by atoms with Crippen molar-refractivity contribution in [2.75, 3.05) is 23.7 Å². The molecule has 2 aromatic carbocycles. The predicted octanol–water partition coefficient (Wildman–Crippen LogP) is 4.65. The number of nitrogens with zero attached hydrogens (tertiary/aromatic N) is 2. The van der Waals surface area contributed by atoms with Crippen LogP contribution in [-0.4, -0.2) is 37.5 Å². The lowest BCUT2D eigenvalue weighted by molar-refractivity contribution is 0.284. The smallest absolute Gasteiger partial charge is 0.240 e. The monoisotopic (exact) mass is 467 g/mol. The van der Waals surface area contributed by atoms with Gasteiger partial charge in [0.25, 0.3) is 0 Å². The molecule has 1 aromatic heterocycles. The van der Waals surface area contributed by atoms with E-state index in [4.69, 9.17) is 4.98 Å². The van der Waals surface area contributed by atoms with Crippen molar-refractivity contribution >= 4 is 32.7 Å². The lowest BCUT2D eigenvalue weighted by atomic mass is 9.82. The highest BCUT2D eigenvalue weighted by molar-refractivity contribution is 7.89. The first-order valence-electron chi connectivity index (χ1n) is 11.7. The Morgan fingerprint density at radius 2 is 1.52 bits per heavy atom. The molecular formula is C25H33N5O2S. The molecule has 1 fully saturated rings. The van der Waals surface area contributed by atoms with Crippen LogP contribution >= 0.6 is 0 Å². The van der Waals surface area contributed by atoms with Crippen LogP contribution in [0.5, 0.6) is 0 Å². The first-order chi connectivity index (χ1) is 15.9. The molecule has 1 heterocycles. The number of para-hydroxylation sites is 1. The molecule has 0 saturated heterocycles. The van der Waals surface area contributed by atoms with Crippen LogP contribution in [0.4, 0.5) is 11.8 Å². The highest BCUT2D eigenvalue weighted by atomic mass is 32.2. The number of benzene rings is 2. The van der Waals surface area contributed by atoms with Gasteiger partial charge in [0.15, 0.2) is 0 Å². The maximum atomic E-state index is 12.4. The molecule has 4 rings (SSSR count). The second-order valence-corrected chi connectivity index (χ2v) is 10.9. The Balaban J connectivity index is 1.29. The maximum absolute atomic E-state index is 12.4. The molecule has 0 radical (unpaired) electrons. The van der Waals surface area contributed by atoms with E-state index in [0.717, 1.165) is 48.9 Å². The minimum Gasteiger partial charge on any atom is -0.367 e. The summed E-state index contributed by atoms with van der Waals surface area (Å²) in [6.07, 6.45) is 4.16. The van der Waals surface area contributed by atoms with Crippen molar-refractivity contribution in [2.24, 2.45) is 11.8 Å². The molecule has 0 aliphatic heterocycles. The zero-order chi connectivity index (χ0) is 23.3. The van der Waals surface area contributed by atoms with E-state index in [9.17, 15) is 8.42 Å². The van der Waals surface area contributed by atoms with E-state index in [1.807, 2.05) is 30.3 Å². The summed E-state index contributed by atoms with van der Waals surface area (Å²) >= 11 is 0. The van der Waals surface area contributed by atoms with E-state index in [1.165, 1.54) is 0 Å². The Morgan fingerprint density at radius 3 is 2.21 bits per heavy atom. The molecule has 0 bridgehead atoms. The summed E-state index contributed by atoms with van der Waals surface area (Å²) in [6, 6.07) is 16.9. The molecule has 1 aliphatic rings. The van der Waals surface area contributed by atoms with Crippen molar-refractivity contribution in [3.05, 3.63) is 54.6 Å². The van der Waals surface area contributed by atoms with Crippen molar-refractivity contribution in [1.82, 2.24) is 14.7 Å². The lowest BCUT2D eigenvalue weighted by Crippen LogP contribution is -2.32. The van der Waals surface area contributed by atoms with Crippen LogP contribution in [0.1, 0.15) is 39.5 Å². The van der Waals surface area contributed by atoms with Crippen molar-refractivity contribution in [1.29, 1.82) is 0 Å². The Kier molecular flexibility index (Phi) is 7.45. The fourth-order valence-corrected chi connectivity index (χ4v) is 5.46. The van der Waals surface area contributed by atoms with Crippen molar-refractivity contribution in [3.8, 4) is 0 Å². The number of nitrogens with one attached hydrogen (secondary N) is 3. The number of anilines is 2. The van der Waals surface area contributed by atoms with E-state index in [0.29, 0.717) is 29.2 Å². The third kappa shape index (κ3) is 6.21. The molecule has 8 heteroatoms. The van der Waals surface area contributed by atoms with Gasteiger partial charge in [0.2, 0.25) is 16.0 Å². The van der Waals surface area contributed by atoms with E-state index in [-0.39, 0.29) is 6.04 Å². The Labute approximate surface area is 196 Å². The summed E-state index contributed by atoms with van der Waals surface area (Å²) in [6.45, 7) is 5.52. The van der Waals surface area contributed by atoms with Crippen LogP contribution in [-0.2, 0) is 10.0 Å².